The highest BCUT2D eigenvalue weighted by Gasteiger charge is 2.02. The Labute approximate surface area is 64.2 Å². The Morgan fingerprint density at radius 1 is 1.50 bits per heavy atom. The van der Waals surface area contributed by atoms with Gasteiger partial charge in [0.1, 0.15) is 5.75 Å². The number of nitrogens with two attached hydrogens (primary N) is 1. The molecule has 54 valence electrons. The van der Waals surface area contributed by atoms with Gasteiger partial charge in [0.15, 0.2) is 0 Å². The lowest BCUT2D eigenvalue weighted by Gasteiger charge is -2.02. The number of benzene rings is 1. The second-order valence-electron chi connectivity index (χ2n) is 2.11. The first kappa shape index (κ1) is 7.22. The summed E-state index contributed by atoms with van der Waals surface area (Å²) in [5.74, 6) is 0.0764. The monoisotopic (exact) mass is 157 g/mol. The van der Waals surface area contributed by atoms with E-state index in [4.69, 9.17) is 17.3 Å². The zero-order valence-electron chi connectivity index (χ0n) is 5.56. The van der Waals surface area contributed by atoms with Gasteiger partial charge in [0.05, 0.1) is 5.69 Å². The van der Waals surface area contributed by atoms with Crippen molar-refractivity contribution in [3.8, 4) is 5.75 Å². The number of nitrogen functional groups attached to an aromatic ring is 1. The van der Waals surface area contributed by atoms with Gasteiger partial charge in [0, 0.05) is 10.6 Å². The first-order chi connectivity index (χ1) is 4.63. The highest BCUT2D eigenvalue weighted by Crippen LogP contribution is 2.29. The normalized spacial score (nSPS) is 9.80. The van der Waals surface area contributed by atoms with Crippen LogP contribution in [0.2, 0.25) is 5.02 Å². The van der Waals surface area contributed by atoms with Crippen molar-refractivity contribution in [3.05, 3.63) is 22.7 Å². The van der Waals surface area contributed by atoms with Gasteiger partial charge in [-0.15, -0.1) is 0 Å². The van der Waals surface area contributed by atoms with Crippen LogP contribution >= 0.6 is 11.6 Å². The number of rotatable bonds is 0. The number of aromatic hydroxyl groups is 1. The van der Waals surface area contributed by atoms with Crippen LogP contribution in [-0.2, 0) is 0 Å². The van der Waals surface area contributed by atoms with Crippen LogP contribution in [-0.4, -0.2) is 5.11 Å². The SMILES string of the molecule is Cc1c(Cl)ccc(N)c1O. The summed E-state index contributed by atoms with van der Waals surface area (Å²) >= 11 is 5.67. The Kier molecular flexibility index (Phi) is 1.72. The maximum Gasteiger partial charge on any atom is 0.142 e. The minimum absolute atomic E-state index is 0.0764. The number of hydrogen-bond donors (Lipinski definition) is 2. The van der Waals surface area contributed by atoms with Gasteiger partial charge in [-0.1, -0.05) is 11.6 Å². The van der Waals surface area contributed by atoms with E-state index in [1.54, 1.807) is 19.1 Å². The summed E-state index contributed by atoms with van der Waals surface area (Å²) in [5, 5.41) is 9.71. The maximum atomic E-state index is 9.18. The summed E-state index contributed by atoms with van der Waals surface area (Å²) in [7, 11) is 0. The van der Waals surface area contributed by atoms with Gasteiger partial charge in [-0.25, -0.2) is 0 Å². The number of halogens is 1. The lowest BCUT2D eigenvalue weighted by molar-refractivity contribution is 0.474. The third kappa shape index (κ3) is 1.02. The molecule has 2 nitrogen and oxygen atoms in total. The first-order valence-corrected chi connectivity index (χ1v) is 3.24. The van der Waals surface area contributed by atoms with E-state index < -0.39 is 0 Å². The van der Waals surface area contributed by atoms with Gasteiger partial charge in [0.25, 0.3) is 0 Å². The fraction of sp³-hybridized carbons (Fsp3) is 0.143. The molecule has 0 spiro atoms. The van der Waals surface area contributed by atoms with Crippen LogP contribution in [0.4, 0.5) is 5.69 Å². The molecular weight excluding hydrogens is 150 g/mol. The second kappa shape index (κ2) is 2.39. The van der Waals surface area contributed by atoms with E-state index in [-0.39, 0.29) is 5.75 Å². The average Bonchev–Trinajstić information content (AvgIpc) is 1.93. The van der Waals surface area contributed by atoms with Gasteiger partial charge in [0.2, 0.25) is 0 Å². The molecule has 0 aliphatic heterocycles. The molecule has 1 rings (SSSR count). The van der Waals surface area contributed by atoms with Crippen molar-refractivity contribution < 1.29 is 5.11 Å². The molecule has 0 aliphatic rings. The standard InChI is InChI=1S/C7H8ClNO/c1-4-5(8)2-3-6(9)7(4)10/h2-3,10H,9H2,1H3. The lowest BCUT2D eigenvalue weighted by atomic mass is 10.2. The van der Waals surface area contributed by atoms with E-state index in [1.807, 2.05) is 0 Å². The lowest BCUT2D eigenvalue weighted by Crippen LogP contribution is -1.87. The predicted molar refractivity (Wildman–Crippen MR) is 42.3 cm³/mol. The topological polar surface area (TPSA) is 46.2 Å². The van der Waals surface area contributed by atoms with Crippen LogP contribution in [0, 0.1) is 6.92 Å². The molecule has 0 amide bonds. The fourth-order valence-electron chi connectivity index (χ4n) is 0.696. The van der Waals surface area contributed by atoms with Crippen molar-refractivity contribution in [1.29, 1.82) is 0 Å². The highest BCUT2D eigenvalue weighted by atomic mass is 35.5. The molecule has 0 aliphatic carbocycles. The van der Waals surface area contributed by atoms with Crippen LogP contribution in [0.25, 0.3) is 0 Å². The molecule has 1 aromatic carbocycles. The average molecular weight is 158 g/mol. The van der Waals surface area contributed by atoms with E-state index in [9.17, 15) is 5.11 Å². The van der Waals surface area contributed by atoms with Crippen LogP contribution < -0.4 is 5.73 Å². The summed E-state index contributed by atoms with van der Waals surface area (Å²) < 4.78 is 0. The Morgan fingerprint density at radius 2 is 2.10 bits per heavy atom. The van der Waals surface area contributed by atoms with Crippen molar-refractivity contribution in [1.82, 2.24) is 0 Å². The number of hydrogen-bond acceptors (Lipinski definition) is 2. The van der Waals surface area contributed by atoms with Gasteiger partial charge in [-0.05, 0) is 19.1 Å². The minimum atomic E-state index is 0.0764. The molecule has 3 heteroatoms. The number of anilines is 1. The Morgan fingerprint density at radius 3 is 2.60 bits per heavy atom. The van der Waals surface area contributed by atoms with E-state index in [0.29, 0.717) is 16.3 Å². The zero-order chi connectivity index (χ0) is 7.72. The summed E-state index contributed by atoms with van der Waals surface area (Å²) in [6.45, 7) is 1.72. The fourth-order valence-corrected chi connectivity index (χ4v) is 0.849. The number of phenolic OH excluding ortho intramolecular Hbond substituents is 1. The zero-order valence-corrected chi connectivity index (χ0v) is 6.31. The highest BCUT2D eigenvalue weighted by molar-refractivity contribution is 6.31. The molecule has 0 bridgehead atoms. The Hall–Kier alpha value is -0.890. The van der Waals surface area contributed by atoms with Crippen LogP contribution in [0.3, 0.4) is 0 Å². The second-order valence-corrected chi connectivity index (χ2v) is 2.52. The van der Waals surface area contributed by atoms with Crippen LogP contribution in [0.15, 0.2) is 12.1 Å². The molecule has 0 atom stereocenters. The third-order valence-corrected chi connectivity index (χ3v) is 1.81. The largest absolute Gasteiger partial charge is 0.505 e. The number of phenols is 1. The van der Waals surface area contributed by atoms with Crippen LogP contribution in [0.1, 0.15) is 5.56 Å². The summed E-state index contributed by atoms with van der Waals surface area (Å²) in [5.41, 5.74) is 6.37. The molecule has 10 heavy (non-hydrogen) atoms. The molecule has 0 saturated heterocycles. The predicted octanol–water partition coefficient (Wildman–Crippen LogP) is 1.94. The van der Waals surface area contributed by atoms with Crippen molar-refractivity contribution in [2.24, 2.45) is 0 Å². The molecule has 0 aromatic heterocycles. The third-order valence-electron chi connectivity index (χ3n) is 1.40. The molecule has 0 heterocycles. The Bertz CT molecular complexity index is 233. The van der Waals surface area contributed by atoms with E-state index in [0.717, 1.165) is 0 Å². The van der Waals surface area contributed by atoms with Crippen molar-refractivity contribution in [3.63, 3.8) is 0 Å². The Balaban J connectivity index is 3.34. The van der Waals surface area contributed by atoms with Gasteiger partial charge >= 0.3 is 0 Å². The molecule has 3 N–H and O–H groups in total. The van der Waals surface area contributed by atoms with Crippen molar-refractivity contribution in [2.45, 2.75) is 6.92 Å². The molecule has 0 radical (unpaired) electrons. The van der Waals surface area contributed by atoms with Gasteiger partial charge in [-0.2, -0.15) is 0 Å². The van der Waals surface area contributed by atoms with Gasteiger partial charge in [-0.3, -0.25) is 0 Å². The van der Waals surface area contributed by atoms with Gasteiger partial charge < -0.3 is 10.8 Å². The molecular formula is C7H8ClNO. The first-order valence-electron chi connectivity index (χ1n) is 2.86. The molecule has 1 aromatic rings. The van der Waals surface area contributed by atoms with Crippen LogP contribution in [0.5, 0.6) is 5.75 Å². The maximum absolute atomic E-state index is 9.18. The summed E-state index contributed by atoms with van der Waals surface area (Å²) in [6.07, 6.45) is 0. The molecule has 0 saturated carbocycles. The minimum Gasteiger partial charge on any atom is -0.505 e. The van der Waals surface area contributed by atoms with E-state index in [2.05, 4.69) is 0 Å². The quantitative estimate of drug-likeness (QED) is 0.447. The van der Waals surface area contributed by atoms with Crippen molar-refractivity contribution in [2.75, 3.05) is 5.73 Å². The summed E-state index contributed by atoms with van der Waals surface area (Å²) in [4.78, 5) is 0. The van der Waals surface area contributed by atoms with Crippen molar-refractivity contribution >= 4 is 17.3 Å². The molecule has 0 unspecified atom stereocenters. The smallest absolute Gasteiger partial charge is 0.142 e. The summed E-state index contributed by atoms with van der Waals surface area (Å²) in [6, 6.07) is 3.23. The molecule has 0 fully saturated rings. The van der Waals surface area contributed by atoms with E-state index in [1.165, 1.54) is 0 Å². The van der Waals surface area contributed by atoms with E-state index >= 15 is 0 Å².